The first-order chi connectivity index (χ1) is 18.4. The van der Waals surface area contributed by atoms with E-state index in [9.17, 15) is 22.3 Å². The van der Waals surface area contributed by atoms with Gasteiger partial charge in [-0.25, -0.2) is 32.2 Å². The number of hydrogen-bond acceptors (Lipinski definition) is 9. The largest absolute Gasteiger partial charge is 0.508 e. The van der Waals surface area contributed by atoms with Crippen molar-refractivity contribution >= 4 is 9.84 Å². The molecule has 10 nitrogen and oxygen atoms in total. The summed E-state index contributed by atoms with van der Waals surface area (Å²) in [4.78, 5) is 13.4. The van der Waals surface area contributed by atoms with Gasteiger partial charge in [0.1, 0.15) is 33.5 Å². The van der Waals surface area contributed by atoms with Gasteiger partial charge in [0.2, 0.25) is 0 Å². The Morgan fingerprint density at radius 3 is 2.59 bits per heavy atom. The van der Waals surface area contributed by atoms with Crippen LogP contribution in [0.3, 0.4) is 0 Å². The van der Waals surface area contributed by atoms with Crippen LogP contribution in [0.5, 0.6) is 5.75 Å². The molecule has 0 radical (unpaired) electrons. The number of rotatable bonds is 6. The second-order valence-corrected chi connectivity index (χ2v) is 13.0. The van der Waals surface area contributed by atoms with E-state index in [1.54, 1.807) is 12.3 Å². The predicted octanol–water partition coefficient (Wildman–Crippen LogP) is 3.29. The van der Waals surface area contributed by atoms with E-state index in [1.165, 1.54) is 11.0 Å². The van der Waals surface area contributed by atoms with Gasteiger partial charge < -0.3 is 5.11 Å². The summed E-state index contributed by atoms with van der Waals surface area (Å²) in [7, 11) is -3.16. The Morgan fingerprint density at radius 2 is 1.87 bits per heavy atom. The van der Waals surface area contributed by atoms with Crippen molar-refractivity contribution in [1.29, 1.82) is 0 Å². The average Bonchev–Trinajstić information content (AvgIpc) is 3.50. The summed E-state index contributed by atoms with van der Waals surface area (Å²) in [6.45, 7) is 4.27. The molecule has 6 rings (SSSR count). The first-order valence-corrected chi connectivity index (χ1v) is 14.5. The van der Waals surface area contributed by atoms with Gasteiger partial charge >= 0.3 is 0 Å². The summed E-state index contributed by atoms with van der Waals surface area (Å²) >= 11 is 0. The molecule has 3 heterocycles. The number of hydrogen-bond donors (Lipinski definition) is 1. The molecule has 0 unspecified atom stereocenters. The first kappa shape index (κ1) is 25.4. The Bertz CT molecular complexity index is 1720. The molecule has 1 fully saturated rings. The molecule has 1 N–H and O–H groups in total. The summed E-state index contributed by atoms with van der Waals surface area (Å²) < 4.78 is 53.7. The van der Waals surface area contributed by atoms with Crippen LogP contribution < -0.4 is 0 Å². The van der Waals surface area contributed by atoms with Crippen LogP contribution in [0.1, 0.15) is 55.4 Å². The number of benzene rings is 1. The Balaban J connectivity index is 1.41. The van der Waals surface area contributed by atoms with Crippen molar-refractivity contribution in [1.82, 2.24) is 34.9 Å². The highest BCUT2D eigenvalue weighted by atomic mass is 32.2. The van der Waals surface area contributed by atoms with E-state index in [1.807, 2.05) is 6.07 Å². The van der Waals surface area contributed by atoms with E-state index < -0.39 is 32.6 Å². The summed E-state index contributed by atoms with van der Waals surface area (Å²) in [5.41, 5.74) is 1.06. The highest BCUT2D eigenvalue weighted by Crippen LogP contribution is 2.69. The van der Waals surface area contributed by atoms with Gasteiger partial charge in [-0.1, -0.05) is 13.8 Å². The van der Waals surface area contributed by atoms with E-state index in [-0.39, 0.29) is 40.7 Å². The summed E-state index contributed by atoms with van der Waals surface area (Å²) in [6.07, 6.45) is 6.00. The van der Waals surface area contributed by atoms with Crippen molar-refractivity contribution < 1.29 is 22.3 Å². The maximum Gasteiger partial charge on any atom is 0.252 e. The normalized spacial score (nSPS) is 21.3. The van der Waals surface area contributed by atoms with Crippen LogP contribution in [0.15, 0.2) is 36.8 Å². The lowest BCUT2D eigenvalue weighted by Gasteiger charge is -2.37. The lowest BCUT2D eigenvalue weighted by molar-refractivity contribution is 0.242. The second-order valence-electron chi connectivity index (χ2n) is 10.8. The summed E-state index contributed by atoms with van der Waals surface area (Å²) in [5, 5.41) is 22.6. The van der Waals surface area contributed by atoms with Crippen LogP contribution in [0.2, 0.25) is 0 Å². The third kappa shape index (κ3) is 3.89. The second kappa shape index (κ2) is 8.57. The van der Waals surface area contributed by atoms with Crippen LogP contribution in [0.4, 0.5) is 8.78 Å². The topological polar surface area (TPSA) is 137 Å². The molecule has 0 saturated heterocycles. The van der Waals surface area contributed by atoms with Gasteiger partial charge in [0, 0.05) is 31.0 Å². The van der Waals surface area contributed by atoms with Crippen molar-refractivity contribution in [2.45, 2.75) is 44.4 Å². The molecule has 2 bridgehead atoms. The molecule has 2 atom stereocenters. The molecule has 0 spiro atoms. The van der Waals surface area contributed by atoms with Crippen LogP contribution in [-0.4, -0.2) is 60.5 Å². The number of phenols is 1. The number of aromatic hydroxyl groups is 1. The maximum absolute atomic E-state index is 14.6. The van der Waals surface area contributed by atoms with E-state index in [2.05, 4.69) is 39.1 Å². The van der Waals surface area contributed by atoms with E-state index in [0.717, 1.165) is 42.5 Å². The molecule has 3 aromatic heterocycles. The average molecular weight is 554 g/mol. The van der Waals surface area contributed by atoms with Crippen molar-refractivity contribution in [2.75, 3.05) is 12.0 Å². The zero-order chi connectivity index (χ0) is 27.7. The van der Waals surface area contributed by atoms with Crippen molar-refractivity contribution in [3.05, 3.63) is 71.2 Å². The highest BCUT2D eigenvalue weighted by molar-refractivity contribution is 7.90. The number of halogens is 2. The quantitative estimate of drug-likeness (QED) is 0.381. The zero-order valence-electron chi connectivity index (χ0n) is 21.4. The smallest absolute Gasteiger partial charge is 0.252 e. The summed E-state index contributed by atoms with van der Waals surface area (Å²) in [6, 6.07) is 5.23. The zero-order valence-corrected chi connectivity index (χ0v) is 22.2. The van der Waals surface area contributed by atoms with Gasteiger partial charge in [-0.3, -0.25) is 0 Å². The fraction of sp³-hybridized carbons (Fsp3) is 0.385. The van der Waals surface area contributed by atoms with Gasteiger partial charge in [0.05, 0.1) is 33.8 Å². The lowest BCUT2D eigenvalue weighted by atomic mass is 9.66. The summed E-state index contributed by atoms with van der Waals surface area (Å²) in [5.74, 6) is -1.69. The fourth-order valence-electron chi connectivity index (χ4n) is 6.30. The fourth-order valence-corrected chi connectivity index (χ4v) is 6.85. The number of aryl methyl sites for hydroxylation is 1. The standard InChI is InChI=1S/C26H25F2N7O3S/c1-25(2)16-4-7-26(25,23-15(16)12-19(32-33-23)22-17(27)10-14(36)11-18(22)28)20-5-8-29-24(31-20)35-13-30-21(34-35)6-9-39(3,37)38/h5,8,10-13,16,36H,4,6-7,9H2,1-3H3/t16-,26+/m0/s1. The van der Waals surface area contributed by atoms with Gasteiger partial charge in [0.15, 0.2) is 5.82 Å². The highest BCUT2D eigenvalue weighted by Gasteiger charge is 2.65. The number of nitrogens with zero attached hydrogens (tertiary/aromatic N) is 7. The van der Waals surface area contributed by atoms with Crippen LogP contribution in [0, 0.1) is 17.0 Å². The van der Waals surface area contributed by atoms with Gasteiger partial charge in [-0.2, -0.15) is 9.78 Å². The molecule has 1 saturated carbocycles. The number of fused-ring (bicyclic) bond motifs is 5. The number of aromatic nitrogens is 7. The van der Waals surface area contributed by atoms with Crippen LogP contribution in [0.25, 0.3) is 17.2 Å². The number of sulfone groups is 1. The minimum atomic E-state index is -3.16. The third-order valence-electron chi connectivity index (χ3n) is 8.19. The predicted molar refractivity (Wildman–Crippen MR) is 136 cm³/mol. The molecule has 1 aromatic carbocycles. The number of phenolic OH excluding ortho intramolecular Hbond substituents is 1. The minimum Gasteiger partial charge on any atom is -0.508 e. The Morgan fingerprint density at radius 1 is 1.13 bits per heavy atom. The van der Waals surface area contributed by atoms with Gasteiger partial charge in [0.25, 0.3) is 5.95 Å². The molecule has 0 aliphatic heterocycles. The minimum absolute atomic E-state index is 0.0531. The van der Waals surface area contributed by atoms with Crippen molar-refractivity contribution in [3.63, 3.8) is 0 Å². The van der Waals surface area contributed by atoms with Gasteiger partial charge in [-0.15, -0.1) is 10.2 Å². The Hall–Kier alpha value is -3.87. The molecule has 39 heavy (non-hydrogen) atoms. The van der Waals surface area contributed by atoms with E-state index >= 15 is 0 Å². The molecule has 4 aromatic rings. The molecule has 202 valence electrons. The first-order valence-electron chi connectivity index (χ1n) is 12.4. The molecule has 2 aliphatic rings. The van der Waals surface area contributed by atoms with Gasteiger partial charge in [-0.05, 0) is 41.9 Å². The van der Waals surface area contributed by atoms with Crippen LogP contribution >= 0.6 is 0 Å². The lowest BCUT2D eigenvalue weighted by Crippen LogP contribution is -2.38. The van der Waals surface area contributed by atoms with E-state index in [0.29, 0.717) is 11.5 Å². The molecular weight excluding hydrogens is 528 g/mol. The van der Waals surface area contributed by atoms with Crippen LogP contribution in [-0.2, 0) is 21.7 Å². The maximum atomic E-state index is 14.6. The Kier molecular flexibility index (Phi) is 5.58. The SMILES string of the molecule is CC1(C)[C@H]2CC[C@@]1(c1ccnc(-n3cnc(CCS(C)(=O)=O)n3)n1)c1nnc(-c3c(F)cc(O)cc3F)cc12. The molecular formula is C26H25F2N7O3S. The third-order valence-corrected chi connectivity index (χ3v) is 9.13. The van der Waals surface area contributed by atoms with Crippen molar-refractivity contribution in [2.24, 2.45) is 5.41 Å². The monoisotopic (exact) mass is 553 g/mol. The molecule has 0 amide bonds. The molecule has 13 heteroatoms. The Labute approximate surface area is 223 Å². The van der Waals surface area contributed by atoms with E-state index in [4.69, 9.17) is 4.98 Å². The van der Waals surface area contributed by atoms with Crippen molar-refractivity contribution in [3.8, 4) is 23.0 Å². The molecule has 2 aliphatic carbocycles.